The summed E-state index contributed by atoms with van der Waals surface area (Å²) in [6.07, 6.45) is 3.68. The Balaban J connectivity index is 1.82. The van der Waals surface area contributed by atoms with Crippen LogP contribution in [-0.2, 0) is 14.8 Å². The molecule has 1 aliphatic carbocycles. The highest BCUT2D eigenvalue weighted by molar-refractivity contribution is 7.89. The zero-order valence-electron chi connectivity index (χ0n) is 14.3. The molecule has 1 saturated heterocycles. The van der Waals surface area contributed by atoms with Crippen molar-refractivity contribution in [3.63, 3.8) is 0 Å². The third-order valence-electron chi connectivity index (χ3n) is 5.39. The van der Waals surface area contributed by atoms with Crippen molar-refractivity contribution in [3.8, 4) is 0 Å². The third-order valence-corrected chi connectivity index (χ3v) is 6.81. The van der Waals surface area contributed by atoms with Crippen LogP contribution in [0.3, 0.4) is 0 Å². The number of benzene rings is 1. The van der Waals surface area contributed by atoms with Crippen LogP contribution < -0.4 is 4.72 Å². The molecule has 0 aromatic heterocycles. The Labute approximate surface area is 152 Å². The van der Waals surface area contributed by atoms with Gasteiger partial charge in [0.15, 0.2) is 0 Å². The molecule has 140 valence electrons. The first-order valence-corrected chi connectivity index (χ1v) is 10.0. The molecule has 2 N–H and O–H groups in total. The fraction of sp³-hybridized carbons (Fsp3) is 0.444. The minimum Gasteiger partial charge on any atom is -0.481 e. The number of sulfonamides is 1. The Morgan fingerprint density at radius 3 is 2.85 bits per heavy atom. The number of carboxylic acid groups (broad SMARTS) is 1. The summed E-state index contributed by atoms with van der Waals surface area (Å²) in [6, 6.07) is 5.81. The quantitative estimate of drug-likeness (QED) is 0.730. The summed E-state index contributed by atoms with van der Waals surface area (Å²) in [7, 11) is -3.73. The van der Waals surface area contributed by atoms with E-state index in [0.717, 1.165) is 12.8 Å². The first kappa shape index (κ1) is 18.6. The van der Waals surface area contributed by atoms with Gasteiger partial charge in [-0.1, -0.05) is 18.6 Å². The van der Waals surface area contributed by atoms with Crippen molar-refractivity contribution >= 4 is 21.9 Å². The predicted octanol–water partition coefficient (Wildman–Crippen LogP) is 1.48. The number of hydrogen-bond acceptors (Lipinski definition) is 4. The van der Waals surface area contributed by atoms with Gasteiger partial charge in [-0.3, -0.25) is 9.59 Å². The molecule has 8 heteroatoms. The average Bonchev–Trinajstić information content (AvgIpc) is 3.18. The summed E-state index contributed by atoms with van der Waals surface area (Å²) in [5, 5.41) is 9.64. The van der Waals surface area contributed by atoms with E-state index in [2.05, 4.69) is 11.3 Å². The Morgan fingerprint density at radius 1 is 1.42 bits per heavy atom. The van der Waals surface area contributed by atoms with E-state index in [-0.39, 0.29) is 35.4 Å². The van der Waals surface area contributed by atoms with E-state index < -0.39 is 21.4 Å². The van der Waals surface area contributed by atoms with Crippen LogP contribution in [0.4, 0.5) is 0 Å². The van der Waals surface area contributed by atoms with Crippen LogP contribution in [-0.4, -0.2) is 49.9 Å². The molecule has 3 rings (SSSR count). The number of fused-ring (bicyclic) bond motifs is 1. The van der Waals surface area contributed by atoms with E-state index in [1.54, 1.807) is 11.0 Å². The first-order chi connectivity index (χ1) is 12.3. The molecule has 0 bridgehead atoms. The van der Waals surface area contributed by atoms with Gasteiger partial charge in [-0.2, -0.15) is 0 Å². The van der Waals surface area contributed by atoms with Crippen molar-refractivity contribution in [1.29, 1.82) is 0 Å². The van der Waals surface area contributed by atoms with Crippen LogP contribution in [0.5, 0.6) is 0 Å². The second-order valence-electron chi connectivity index (χ2n) is 6.90. The van der Waals surface area contributed by atoms with Gasteiger partial charge in [0.25, 0.3) is 5.91 Å². The minimum atomic E-state index is -3.73. The predicted molar refractivity (Wildman–Crippen MR) is 95.1 cm³/mol. The van der Waals surface area contributed by atoms with Gasteiger partial charge >= 0.3 is 5.97 Å². The number of aliphatic carboxylic acids is 1. The number of likely N-dealkylation sites (tertiary alicyclic amines) is 1. The number of amides is 1. The van der Waals surface area contributed by atoms with Crippen molar-refractivity contribution in [3.05, 3.63) is 42.5 Å². The van der Waals surface area contributed by atoms with Crippen LogP contribution in [0.2, 0.25) is 0 Å². The number of hydrogen-bond donors (Lipinski definition) is 2. The standard InChI is InChI=1S/C18H22N2O5S/c1-2-9-19-26(24,25)15-7-3-5-13(10-15)16(21)20-11-14-6-4-8-18(14,12-20)17(22)23/h2-3,5,7,10,14,19H,1,4,6,8-9,11-12H2,(H,22,23)/t14-,18+/m0/s1. The zero-order chi connectivity index (χ0) is 18.9. The van der Waals surface area contributed by atoms with Gasteiger partial charge in [0.2, 0.25) is 10.0 Å². The Bertz CT molecular complexity index is 851. The van der Waals surface area contributed by atoms with Crippen LogP contribution >= 0.6 is 0 Å². The van der Waals surface area contributed by atoms with Gasteiger partial charge in [-0.15, -0.1) is 6.58 Å². The van der Waals surface area contributed by atoms with Crippen LogP contribution in [0.15, 0.2) is 41.8 Å². The Morgan fingerprint density at radius 2 is 2.19 bits per heavy atom. The largest absolute Gasteiger partial charge is 0.481 e. The molecule has 0 radical (unpaired) electrons. The van der Waals surface area contributed by atoms with Crippen LogP contribution in [0, 0.1) is 11.3 Å². The van der Waals surface area contributed by atoms with Gasteiger partial charge in [-0.25, -0.2) is 13.1 Å². The van der Waals surface area contributed by atoms with Crippen LogP contribution in [0.1, 0.15) is 29.6 Å². The molecule has 1 heterocycles. The van der Waals surface area contributed by atoms with Crippen molar-refractivity contribution in [2.24, 2.45) is 11.3 Å². The zero-order valence-corrected chi connectivity index (χ0v) is 15.2. The lowest BCUT2D eigenvalue weighted by molar-refractivity contribution is -0.149. The molecule has 1 aliphatic heterocycles. The highest BCUT2D eigenvalue weighted by Gasteiger charge is 2.55. The summed E-state index contributed by atoms with van der Waals surface area (Å²) in [5.74, 6) is -1.22. The Hall–Kier alpha value is -2.19. The maximum atomic E-state index is 12.8. The van der Waals surface area contributed by atoms with E-state index in [0.29, 0.717) is 13.0 Å². The number of rotatable bonds is 6. The molecule has 26 heavy (non-hydrogen) atoms. The first-order valence-electron chi connectivity index (χ1n) is 8.53. The maximum absolute atomic E-state index is 12.8. The monoisotopic (exact) mass is 378 g/mol. The fourth-order valence-corrected chi connectivity index (χ4v) is 5.07. The molecular formula is C18H22N2O5S. The molecule has 1 saturated carbocycles. The summed E-state index contributed by atoms with van der Waals surface area (Å²) >= 11 is 0. The summed E-state index contributed by atoms with van der Waals surface area (Å²) < 4.78 is 26.8. The van der Waals surface area contributed by atoms with E-state index in [1.807, 2.05) is 0 Å². The van der Waals surface area contributed by atoms with E-state index in [9.17, 15) is 23.1 Å². The maximum Gasteiger partial charge on any atom is 0.311 e. The van der Waals surface area contributed by atoms with E-state index in [1.165, 1.54) is 24.3 Å². The van der Waals surface area contributed by atoms with Crippen molar-refractivity contribution in [2.75, 3.05) is 19.6 Å². The number of carbonyl (C=O) groups excluding carboxylic acids is 1. The van der Waals surface area contributed by atoms with Gasteiger partial charge in [0.1, 0.15) is 0 Å². The normalized spacial score (nSPS) is 25.1. The van der Waals surface area contributed by atoms with Crippen molar-refractivity contribution in [2.45, 2.75) is 24.2 Å². The Kier molecular flexibility index (Phi) is 4.90. The van der Waals surface area contributed by atoms with Crippen molar-refractivity contribution < 1.29 is 23.1 Å². The molecule has 2 atom stereocenters. The third kappa shape index (κ3) is 3.14. The average molecular weight is 378 g/mol. The molecule has 1 aromatic rings. The SMILES string of the molecule is C=CCNS(=O)(=O)c1cccc(C(=O)N2C[C@@H]3CCC[C@@]3(C(=O)O)C2)c1. The lowest BCUT2D eigenvalue weighted by Crippen LogP contribution is -2.37. The highest BCUT2D eigenvalue weighted by Crippen LogP contribution is 2.49. The second-order valence-corrected chi connectivity index (χ2v) is 8.67. The van der Waals surface area contributed by atoms with Gasteiger partial charge < -0.3 is 10.0 Å². The van der Waals surface area contributed by atoms with Crippen LogP contribution in [0.25, 0.3) is 0 Å². The number of nitrogens with one attached hydrogen (secondary N) is 1. The number of carboxylic acids is 1. The fourth-order valence-electron chi connectivity index (χ4n) is 4.02. The highest BCUT2D eigenvalue weighted by atomic mass is 32.2. The molecule has 2 fully saturated rings. The summed E-state index contributed by atoms with van der Waals surface area (Å²) in [6.45, 7) is 4.14. The molecule has 1 aromatic carbocycles. The van der Waals surface area contributed by atoms with Crippen molar-refractivity contribution in [1.82, 2.24) is 9.62 Å². The second kappa shape index (κ2) is 6.85. The van der Waals surface area contributed by atoms with Gasteiger partial charge in [-0.05, 0) is 37.0 Å². The summed E-state index contributed by atoms with van der Waals surface area (Å²) in [5.41, 5.74) is -0.614. The number of carbonyl (C=O) groups is 2. The molecule has 2 aliphatic rings. The molecule has 0 spiro atoms. The molecule has 7 nitrogen and oxygen atoms in total. The van der Waals surface area contributed by atoms with E-state index in [4.69, 9.17) is 0 Å². The minimum absolute atomic E-state index is 0.00228. The van der Waals surface area contributed by atoms with Gasteiger partial charge in [0, 0.05) is 25.2 Å². The number of nitrogens with zero attached hydrogens (tertiary/aromatic N) is 1. The molecule has 0 unspecified atom stereocenters. The molecule has 1 amide bonds. The lowest BCUT2D eigenvalue weighted by Gasteiger charge is -2.23. The van der Waals surface area contributed by atoms with E-state index >= 15 is 0 Å². The summed E-state index contributed by atoms with van der Waals surface area (Å²) in [4.78, 5) is 26.1. The smallest absolute Gasteiger partial charge is 0.311 e. The topological polar surface area (TPSA) is 104 Å². The molecular weight excluding hydrogens is 356 g/mol. The lowest BCUT2D eigenvalue weighted by atomic mass is 9.81. The van der Waals surface area contributed by atoms with Gasteiger partial charge in [0.05, 0.1) is 10.3 Å².